The predicted molar refractivity (Wildman–Crippen MR) is 88.0 cm³/mol. The Labute approximate surface area is 139 Å². The average molecular weight is 333 g/mol. The highest BCUT2D eigenvalue weighted by atomic mass is 16.5. The number of benzene rings is 1. The number of esters is 2. The van der Waals surface area contributed by atoms with Gasteiger partial charge in [0.15, 0.2) is 11.5 Å². The van der Waals surface area contributed by atoms with Gasteiger partial charge in [-0.05, 0) is 18.2 Å². The van der Waals surface area contributed by atoms with Crippen molar-refractivity contribution in [1.29, 1.82) is 0 Å². The van der Waals surface area contributed by atoms with Crippen molar-refractivity contribution in [3.8, 4) is 11.5 Å². The van der Waals surface area contributed by atoms with Gasteiger partial charge in [-0.2, -0.15) is 0 Å². The van der Waals surface area contributed by atoms with Crippen molar-refractivity contribution < 1.29 is 28.5 Å². The van der Waals surface area contributed by atoms with Crippen LogP contribution in [0.4, 0.5) is 0 Å². The first-order chi connectivity index (χ1) is 11.5. The van der Waals surface area contributed by atoms with Crippen molar-refractivity contribution in [2.75, 3.05) is 28.4 Å². The Kier molecular flexibility index (Phi) is 5.13. The second-order valence-electron chi connectivity index (χ2n) is 4.94. The third-order valence-electron chi connectivity index (χ3n) is 3.69. The van der Waals surface area contributed by atoms with Gasteiger partial charge in [0.1, 0.15) is 5.57 Å². The zero-order valence-corrected chi connectivity index (χ0v) is 14.2. The van der Waals surface area contributed by atoms with Gasteiger partial charge in [0, 0.05) is 24.2 Å². The summed E-state index contributed by atoms with van der Waals surface area (Å²) >= 11 is 0. The van der Waals surface area contributed by atoms with E-state index in [0.29, 0.717) is 17.2 Å². The highest BCUT2D eigenvalue weighted by Gasteiger charge is 2.21. The van der Waals surface area contributed by atoms with E-state index in [0.717, 1.165) is 10.9 Å². The Morgan fingerprint density at radius 3 is 1.96 bits per heavy atom. The molecule has 0 aliphatic carbocycles. The Morgan fingerprint density at radius 1 is 0.917 bits per heavy atom. The van der Waals surface area contributed by atoms with Crippen molar-refractivity contribution in [2.24, 2.45) is 7.05 Å². The summed E-state index contributed by atoms with van der Waals surface area (Å²) in [6, 6.07) is 5.46. The maximum atomic E-state index is 11.8. The molecule has 0 aliphatic rings. The van der Waals surface area contributed by atoms with Gasteiger partial charge in [-0.3, -0.25) is 0 Å². The number of methoxy groups -OCH3 is 4. The molecule has 0 amide bonds. The van der Waals surface area contributed by atoms with Crippen LogP contribution in [-0.4, -0.2) is 44.9 Å². The minimum atomic E-state index is -0.762. The van der Waals surface area contributed by atoms with Gasteiger partial charge in [-0.25, -0.2) is 9.59 Å². The Bertz CT molecular complexity index is 800. The molecule has 0 aliphatic heterocycles. The fraction of sp³-hybridized carbons (Fsp3) is 0.294. The normalized spacial score (nSPS) is 10.2. The molecule has 24 heavy (non-hydrogen) atoms. The van der Waals surface area contributed by atoms with Crippen molar-refractivity contribution in [3.63, 3.8) is 0 Å². The van der Waals surface area contributed by atoms with Crippen LogP contribution < -0.4 is 9.47 Å². The Balaban J connectivity index is 2.64. The summed E-state index contributed by atoms with van der Waals surface area (Å²) < 4.78 is 21.7. The Hall–Kier alpha value is -2.96. The van der Waals surface area contributed by atoms with E-state index in [1.807, 2.05) is 29.8 Å². The molecular weight excluding hydrogens is 314 g/mol. The van der Waals surface area contributed by atoms with Crippen LogP contribution in [0.1, 0.15) is 5.69 Å². The summed E-state index contributed by atoms with van der Waals surface area (Å²) in [6.07, 6.45) is 1.43. The monoisotopic (exact) mass is 333 g/mol. The second-order valence-corrected chi connectivity index (χ2v) is 4.94. The van der Waals surface area contributed by atoms with Crippen molar-refractivity contribution in [2.45, 2.75) is 0 Å². The number of aryl methyl sites for hydroxylation is 1. The third kappa shape index (κ3) is 3.05. The van der Waals surface area contributed by atoms with E-state index in [1.165, 1.54) is 20.3 Å². The van der Waals surface area contributed by atoms with Crippen molar-refractivity contribution >= 4 is 28.9 Å². The first-order valence-electron chi connectivity index (χ1n) is 7.06. The molecule has 0 saturated carbocycles. The quantitative estimate of drug-likeness (QED) is 0.360. The van der Waals surface area contributed by atoms with Gasteiger partial charge >= 0.3 is 11.9 Å². The number of ether oxygens (including phenoxy) is 4. The molecular formula is C17H19NO6. The molecule has 0 unspecified atom stereocenters. The molecule has 2 rings (SSSR count). The lowest BCUT2D eigenvalue weighted by Gasteiger charge is -2.08. The fourth-order valence-corrected chi connectivity index (χ4v) is 2.39. The lowest BCUT2D eigenvalue weighted by Crippen LogP contribution is -2.15. The zero-order valence-electron chi connectivity index (χ0n) is 14.2. The number of fused-ring (bicyclic) bond motifs is 1. The van der Waals surface area contributed by atoms with E-state index in [9.17, 15) is 9.59 Å². The number of hydrogen-bond acceptors (Lipinski definition) is 6. The first kappa shape index (κ1) is 17.4. The predicted octanol–water partition coefficient (Wildman–Crippen LogP) is 1.92. The second kappa shape index (κ2) is 7.08. The number of carbonyl (C=O) groups excluding carboxylic acids is 2. The molecule has 0 atom stereocenters. The number of rotatable bonds is 5. The van der Waals surface area contributed by atoms with Gasteiger partial charge in [-0.15, -0.1) is 0 Å². The van der Waals surface area contributed by atoms with Gasteiger partial charge in [0.2, 0.25) is 0 Å². The number of nitrogens with zero attached hydrogens (tertiary/aromatic N) is 1. The van der Waals surface area contributed by atoms with Crippen LogP contribution in [0, 0.1) is 0 Å². The molecule has 1 aromatic heterocycles. The third-order valence-corrected chi connectivity index (χ3v) is 3.69. The van der Waals surface area contributed by atoms with E-state index >= 15 is 0 Å². The smallest absolute Gasteiger partial charge is 0.345 e. The Morgan fingerprint density at radius 2 is 1.46 bits per heavy atom. The van der Waals surface area contributed by atoms with Crippen LogP contribution >= 0.6 is 0 Å². The van der Waals surface area contributed by atoms with Gasteiger partial charge < -0.3 is 23.5 Å². The summed E-state index contributed by atoms with van der Waals surface area (Å²) in [5.41, 5.74) is 1.30. The molecule has 0 bridgehead atoms. The van der Waals surface area contributed by atoms with Crippen LogP contribution in [0.25, 0.3) is 17.0 Å². The van der Waals surface area contributed by atoms with E-state index in [1.54, 1.807) is 14.2 Å². The van der Waals surface area contributed by atoms with Crippen LogP contribution in [0.15, 0.2) is 23.8 Å². The lowest BCUT2D eigenvalue weighted by molar-refractivity contribution is -0.143. The zero-order chi connectivity index (χ0) is 17.9. The number of aromatic nitrogens is 1. The average Bonchev–Trinajstić information content (AvgIpc) is 2.91. The topological polar surface area (TPSA) is 76.0 Å². The molecule has 0 N–H and O–H groups in total. The summed E-state index contributed by atoms with van der Waals surface area (Å²) in [6.45, 7) is 0. The summed E-state index contributed by atoms with van der Waals surface area (Å²) in [5.74, 6) is -0.347. The lowest BCUT2D eigenvalue weighted by atomic mass is 10.2. The van der Waals surface area contributed by atoms with Crippen LogP contribution in [0.3, 0.4) is 0 Å². The molecule has 2 aromatic rings. The van der Waals surface area contributed by atoms with Crippen molar-refractivity contribution in [3.05, 3.63) is 29.5 Å². The molecule has 7 nitrogen and oxygen atoms in total. The minimum absolute atomic E-state index is 0.190. The largest absolute Gasteiger partial charge is 0.493 e. The van der Waals surface area contributed by atoms with Gasteiger partial charge in [0.05, 0.1) is 34.0 Å². The maximum Gasteiger partial charge on any atom is 0.345 e. The van der Waals surface area contributed by atoms with Crippen LogP contribution in [-0.2, 0) is 26.1 Å². The van der Waals surface area contributed by atoms with Crippen LogP contribution in [0.5, 0.6) is 11.5 Å². The van der Waals surface area contributed by atoms with E-state index < -0.39 is 11.9 Å². The summed E-state index contributed by atoms with van der Waals surface area (Å²) in [4.78, 5) is 23.6. The summed E-state index contributed by atoms with van der Waals surface area (Å²) in [7, 11) is 7.33. The molecule has 1 aromatic carbocycles. The SMILES string of the molecule is COC(=O)C(=Cc1cc2cc(OC)c(OC)cc2n1C)C(=O)OC. The highest BCUT2D eigenvalue weighted by Crippen LogP contribution is 2.33. The standard InChI is InChI=1S/C17H19NO6/c1-18-11(8-12(16(19)23-4)17(20)24-5)6-10-7-14(21-2)15(22-3)9-13(10)18/h6-9H,1-5H3. The first-order valence-corrected chi connectivity index (χ1v) is 7.06. The molecule has 0 radical (unpaired) electrons. The number of hydrogen-bond donors (Lipinski definition) is 0. The molecule has 0 saturated heterocycles. The molecule has 128 valence electrons. The molecule has 0 fully saturated rings. The van der Waals surface area contributed by atoms with E-state index in [4.69, 9.17) is 9.47 Å². The minimum Gasteiger partial charge on any atom is -0.493 e. The molecule has 0 spiro atoms. The van der Waals surface area contributed by atoms with Crippen molar-refractivity contribution in [1.82, 2.24) is 4.57 Å². The molecule has 7 heteroatoms. The number of carbonyl (C=O) groups is 2. The van der Waals surface area contributed by atoms with Gasteiger partial charge in [0.25, 0.3) is 0 Å². The van der Waals surface area contributed by atoms with Gasteiger partial charge in [-0.1, -0.05) is 0 Å². The molecule has 1 heterocycles. The highest BCUT2D eigenvalue weighted by molar-refractivity contribution is 6.17. The summed E-state index contributed by atoms with van der Waals surface area (Å²) in [5, 5.41) is 0.871. The maximum absolute atomic E-state index is 11.8. The van der Waals surface area contributed by atoms with E-state index in [2.05, 4.69) is 9.47 Å². The fourth-order valence-electron chi connectivity index (χ4n) is 2.39. The van der Waals surface area contributed by atoms with Crippen LogP contribution in [0.2, 0.25) is 0 Å². The van der Waals surface area contributed by atoms with E-state index in [-0.39, 0.29) is 5.57 Å².